The van der Waals surface area contributed by atoms with Crippen LogP contribution in [0.4, 0.5) is 0 Å². The number of nitrogens with two attached hydrogens (primary N) is 1. The number of rotatable bonds is 2. The van der Waals surface area contributed by atoms with Gasteiger partial charge >= 0.3 is 51.4 Å². The van der Waals surface area contributed by atoms with Gasteiger partial charge in [-0.05, 0) is 17.7 Å². The van der Waals surface area contributed by atoms with Crippen molar-refractivity contribution in [3.05, 3.63) is 34.9 Å². The molecule has 0 aliphatic carbocycles. The number of carbonyl (C=O) groups excluding carboxylic acids is 1. The van der Waals surface area contributed by atoms with Crippen LogP contribution in [0, 0.1) is 0 Å². The van der Waals surface area contributed by atoms with Crippen molar-refractivity contribution in [2.75, 3.05) is 0 Å². The van der Waals surface area contributed by atoms with Crippen molar-refractivity contribution in [3.8, 4) is 0 Å². The molecular weight excluding hydrogens is 217 g/mol. The van der Waals surface area contributed by atoms with Crippen LogP contribution in [0.5, 0.6) is 0 Å². The minimum atomic E-state index is -1.31. The molecule has 0 aliphatic rings. The van der Waals surface area contributed by atoms with E-state index in [0.717, 1.165) is 0 Å². The van der Waals surface area contributed by atoms with Crippen molar-refractivity contribution in [2.24, 2.45) is 5.73 Å². The number of benzene rings is 1. The minimum absolute atomic E-state index is 0. The van der Waals surface area contributed by atoms with Gasteiger partial charge in [0.25, 0.3) is 0 Å². The fourth-order valence-electron chi connectivity index (χ4n) is 0.836. The molecule has 0 heterocycles. The number of hydrogen-bond donors (Lipinski definition) is 1. The van der Waals surface area contributed by atoms with Crippen LogP contribution in [0.2, 0.25) is 5.02 Å². The van der Waals surface area contributed by atoms with Gasteiger partial charge in [-0.25, -0.2) is 0 Å². The Morgan fingerprint density at radius 3 is 2.62 bits per heavy atom. The zero-order chi connectivity index (χ0) is 9.14. The van der Waals surface area contributed by atoms with E-state index in [1.807, 2.05) is 0 Å². The summed E-state index contributed by atoms with van der Waals surface area (Å²) in [5.41, 5.74) is 5.73. The fourth-order valence-corrected chi connectivity index (χ4v) is 1.03. The molecule has 1 atom stereocenters. The summed E-state index contributed by atoms with van der Waals surface area (Å²) in [6.45, 7) is 0. The molecule has 64 valence electrons. The molecule has 0 spiro atoms. The van der Waals surface area contributed by atoms with Crippen LogP contribution >= 0.6 is 11.6 Å². The Bertz CT molecular complexity index is 306. The monoisotopic (exact) mass is 223 g/mol. The molecule has 0 aromatic heterocycles. The Morgan fingerprint density at radius 2 is 2.15 bits per heavy atom. The second-order valence-corrected chi connectivity index (χ2v) is 2.79. The van der Waals surface area contributed by atoms with Crippen LogP contribution in [-0.4, -0.2) is 5.97 Å². The second-order valence-electron chi connectivity index (χ2n) is 2.35. The molecule has 0 amide bonds. The number of halogens is 1. The first-order chi connectivity index (χ1) is 5.61. The molecule has 1 unspecified atom stereocenters. The van der Waals surface area contributed by atoms with Gasteiger partial charge in [0.2, 0.25) is 0 Å². The van der Waals surface area contributed by atoms with Crippen LogP contribution in [0.15, 0.2) is 24.3 Å². The van der Waals surface area contributed by atoms with Gasteiger partial charge in [-0.15, -0.1) is 0 Å². The number of hydrogen-bond acceptors (Lipinski definition) is 3. The zero-order valence-corrected chi connectivity index (χ0v) is 11.0. The SMILES string of the molecule is NC(C(=O)[O-])c1cccc(Cl)c1.[K+]. The standard InChI is InChI=1S/C8H8ClNO2.K/c9-6-3-1-2-5(4-6)7(10)8(11)12;/h1-4,7H,10H2,(H,11,12);/q;+1/p-1. The van der Waals surface area contributed by atoms with Gasteiger partial charge < -0.3 is 15.6 Å². The van der Waals surface area contributed by atoms with E-state index in [1.165, 1.54) is 6.07 Å². The Labute approximate surface area is 124 Å². The molecule has 1 aromatic rings. The normalized spacial score (nSPS) is 11.5. The Morgan fingerprint density at radius 1 is 1.54 bits per heavy atom. The summed E-state index contributed by atoms with van der Waals surface area (Å²) >= 11 is 5.62. The Hall–Kier alpha value is 0.576. The van der Waals surface area contributed by atoms with E-state index >= 15 is 0 Å². The van der Waals surface area contributed by atoms with Crippen LogP contribution in [0.1, 0.15) is 11.6 Å². The van der Waals surface area contributed by atoms with Crippen LogP contribution in [0.3, 0.4) is 0 Å². The third-order valence-electron chi connectivity index (χ3n) is 1.46. The molecule has 13 heavy (non-hydrogen) atoms. The molecule has 0 fully saturated rings. The van der Waals surface area contributed by atoms with Gasteiger partial charge in [0.1, 0.15) is 0 Å². The van der Waals surface area contributed by atoms with Gasteiger partial charge in [0, 0.05) is 5.02 Å². The largest absolute Gasteiger partial charge is 1.00 e. The van der Waals surface area contributed by atoms with Gasteiger partial charge in [-0.1, -0.05) is 23.7 Å². The smallest absolute Gasteiger partial charge is 0.548 e. The number of carbonyl (C=O) groups is 1. The molecule has 1 aromatic carbocycles. The first kappa shape index (κ1) is 13.6. The first-order valence-corrected chi connectivity index (χ1v) is 3.71. The van der Waals surface area contributed by atoms with Crippen molar-refractivity contribution in [1.29, 1.82) is 0 Å². The van der Waals surface area contributed by atoms with Gasteiger partial charge in [-0.3, -0.25) is 0 Å². The summed E-state index contributed by atoms with van der Waals surface area (Å²) in [6, 6.07) is 5.27. The molecule has 0 saturated carbocycles. The summed E-state index contributed by atoms with van der Waals surface area (Å²) in [4.78, 5) is 10.3. The predicted molar refractivity (Wildman–Crippen MR) is 43.4 cm³/mol. The van der Waals surface area contributed by atoms with Crippen molar-refractivity contribution in [3.63, 3.8) is 0 Å². The maximum atomic E-state index is 10.3. The fraction of sp³-hybridized carbons (Fsp3) is 0.125. The van der Waals surface area contributed by atoms with E-state index in [0.29, 0.717) is 10.6 Å². The van der Waals surface area contributed by atoms with Gasteiger partial charge in [-0.2, -0.15) is 0 Å². The summed E-state index contributed by atoms with van der Waals surface area (Å²) in [6.07, 6.45) is 0. The van der Waals surface area contributed by atoms with Crippen LogP contribution in [-0.2, 0) is 4.79 Å². The molecule has 0 aliphatic heterocycles. The topological polar surface area (TPSA) is 66.2 Å². The van der Waals surface area contributed by atoms with Crippen molar-refractivity contribution < 1.29 is 61.3 Å². The quantitative estimate of drug-likeness (QED) is 0.547. The molecular formula is C8H7ClKNO2. The first-order valence-electron chi connectivity index (χ1n) is 3.33. The Balaban J connectivity index is 0.00000144. The summed E-state index contributed by atoms with van der Waals surface area (Å²) in [5, 5.41) is 10.8. The molecule has 0 saturated heterocycles. The van der Waals surface area contributed by atoms with E-state index in [1.54, 1.807) is 18.2 Å². The minimum Gasteiger partial charge on any atom is -0.548 e. The van der Waals surface area contributed by atoms with E-state index in [2.05, 4.69) is 0 Å². The van der Waals surface area contributed by atoms with Crippen LogP contribution < -0.4 is 62.2 Å². The molecule has 0 bridgehead atoms. The summed E-state index contributed by atoms with van der Waals surface area (Å²) < 4.78 is 0. The Kier molecular flexibility index (Phi) is 6.41. The van der Waals surface area contributed by atoms with Crippen LogP contribution in [0.25, 0.3) is 0 Å². The van der Waals surface area contributed by atoms with Gasteiger partial charge in [0.15, 0.2) is 0 Å². The number of carboxylic acids is 1. The average molecular weight is 224 g/mol. The molecule has 1 rings (SSSR count). The second kappa shape index (κ2) is 6.13. The number of carboxylic acid groups (broad SMARTS) is 1. The van der Waals surface area contributed by atoms with E-state index < -0.39 is 12.0 Å². The van der Waals surface area contributed by atoms with Gasteiger partial charge in [0.05, 0.1) is 12.0 Å². The number of aliphatic carboxylic acids is 1. The van der Waals surface area contributed by atoms with E-state index in [-0.39, 0.29) is 51.4 Å². The maximum absolute atomic E-state index is 10.3. The molecule has 0 radical (unpaired) electrons. The summed E-state index contributed by atoms with van der Waals surface area (Å²) in [7, 11) is 0. The van der Waals surface area contributed by atoms with Crippen molar-refractivity contribution in [2.45, 2.75) is 6.04 Å². The van der Waals surface area contributed by atoms with Crippen molar-refractivity contribution >= 4 is 17.6 Å². The molecule has 2 N–H and O–H groups in total. The zero-order valence-electron chi connectivity index (χ0n) is 7.16. The third kappa shape index (κ3) is 4.08. The maximum Gasteiger partial charge on any atom is 1.00 e. The van der Waals surface area contributed by atoms with E-state index in [9.17, 15) is 9.90 Å². The van der Waals surface area contributed by atoms with E-state index in [4.69, 9.17) is 17.3 Å². The van der Waals surface area contributed by atoms with Crippen molar-refractivity contribution in [1.82, 2.24) is 0 Å². The summed E-state index contributed by atoms with van der Waals surface area (Å²) in [5.74, 6) is -1.31. The predicted octanol–water partition coefficient (Wildman–Crippen LogP) is -2.91. The third-order valence-corrected chi connectivity index (χ3v) is 1.70. The molecule has 5 heteroatoms. The molecule has 3 nitrogen and oxygen atoms in total. The average Bonchev–Trinajstić information content (AvgIpc) is 2.03.